The lowest BCUT2D eigenvalue weighted by molar-refractivity contribution is -0.145. The lowest BCUT2D eigenvalue weighted by Crippen LogP contribution is -2.20. The molecule has 0 N–H and O–H groups in total. The van der Waals surface area contributed by atoms with Crippen molar-refractivity contribution in [1.29, 1.82) is 5.26 Å². The number of carbonyl (C=O) groups excluding carboxylic acids is 2. The Hall–Kier alpha value is -2.17. The van der Waals surface area contributed by atoms with E-state index in [9.17, 15) is 14.9 Å². The summed E-state index contributed by atoms with van der Waals surface area (Å²) >= 11 is 2.63. The van der Waals surface area contributed by atoms with Crippen molar-refractivity contribution in [2.24, 2.45) is 0 Å². The molecule has 0 aliphatic heterocycles. The maximum absolute atomic E-state index is 12.1. The van der Waals surface area contributed by atoms with Crippen LogP contribution < -0.4 is 0 Å². The number of hydrogen-bond acceptors (Lipinski definition) is 7. The highest BCUT2D eigenvalue weighted by Gasteiger charge is 2.24. The average molecular weight is 374 g/mol. The number of thiazole rings is 1. The average Bonchev–Trinajstić information content (AvgIpc) is 3.00. The summed E-state index contributed by atoms with van der Waals surface area (Å²) in [5, 5.41) is 11.4. The second-order valence-electron chi connectivity index (χ2n) is 5.57. The maximum atomic E-state index is 12.1. The maximum Gasteiger partial charge on any atom is 0.316 e. The number of hydrogen-bond donors (Lipinski definition) is 0. The topological polar surface area (TPSA) is 80.0 Å². The van der Waals surface area contributed by atoms with Gasteiger partial charge in [-0.25, -0.2) is 4.98 Å². The number of nitrogens with zero attached hydrogens (tertiary/aromatic N) is 2. The smallest absolute Gasteiger partial charge is 0.316 e. The molecule has 0 fully saturated rings. The molecule has 2 aromatic rings. The van der Waals surface area contributed by atoms with Gasteiger partial charge in [-0.05, 0) is 32.4 Å². The number of thioether (sulfide) groups is 1. The van der Waals surface area contributed by atoms with Crippen molar-refractivity contribution in [3.05, 3.63) is 45.4 Å². The minimum atomic E-state index is -0.988. The van der Waals surface area contributed by atoms with E-state index in [1.807, 2.05) is 38.1 Å². The molecule has 1 heterocycles. The molecule has 0 aliphatic carbocycles. The van der Waals surface area contributed by atoms with Gasteiger partial charge in [0.2, 0.25) is 0 Å². The summed E-state index contributed by atoms with van der Waals surface area (Å²) in [6.07, 6.45) is 0. The Morgan fingerprint density at radius 1 is 1.36 bits per heavy atom. The lowest BCUT2D eigenvalue weighted by atomic mass is 10.1. The molecule has 0 bridgehead atoms. The highest BCUT2D eigenvalue weighted by Crippen LogP contribution is 2.24. The zero-order chi connectivity index (χ0) is 18.4. The summed E-state index contributed by atoms with van der Waals surface area (Å²) < 4.78 is 5.02. The second-order valence-corrected chi connectivity index (χ2v) is 7.48. The third-order valence-electron chi connectivity index (χ3n) is 3.40. The van der Waals surface area contributed by atoms with E-state index < -0.39 is 24.3 Å². The van der Waals surface area contributed by atoms with Gasteiger partial charge >= 0.3 is 5.97 Å². The van der Waals surface area contributed by atoms with Crippen molar-refractivity contribution >= 4 is 34.9 Å². The van der Waals surface area contributed by atoms with Crippen LogP contribution in [0.15, 0.2) is 28.5 Å². The van der Waals surface area contributed by atoms with Crippen LogP contribution in [0.1, 0.15) is 27.7 Å². The van der Waals surface area contributed by atoms with Gasteiger partial charge < -0.3 is 4.74 Å². The molecular weight excluding hydrogens is 356 g/mol. The summed E-state index contributed by atoms with van der Waals surface area (Å²) in [6.45, 7) is 5.35. The number of ketones is 1. The van der Waals surface area contributed by atoms with E-state index in [4.69, 9.17) is 4.74 Å². The summed E-state index contributed by atoms with van der Waals surface area (Å²) in [4.78, 5) is 29.2. The Labute approximate surface area is 155 Å². The molecule has 5 nitrogen and oxygen atoms in total. The summed E-state index contributed by atoms with van der Waals surface area (Å²) in [7, 11) is 0. The first-order chi connectivity index (χ1) is 11.9. The molecule has 130 valence electrons. The predicted octanol–water partition coefficient (Wildman–Crippen LogP) is 3.58. The van der Waals surface area contributed by atoms with Crippen LogP contribution in [0.2, 0.25) is 0 Å². The number of rotatable bonds is 7. The molecule has 0 saturated carbocycles. The molecule has 1 aromatic heterocycles. The molecule has 0 spiro atoms. The van der Waals surface area contributed by atoms with Crippen LogP contribution in [-0.2, 0) is 14.3 Å². The van der Waals surface area contributed by atoms with Crippen molar-refractivity contribution < 1.29 is 14.3 Å². The second kappa shape index (κ2) is 8.79. The first-order valence-electron chi connectivity index (χ1n) is 7.60. The summed E-state index contributed by atoms with van der Waals surface area (Å²) in [5.41, 5.74) is 2.96. The van der Waals surface area contributed by atoms with E-state index in [0.29, 0.717) is 5.01 Å². The number of carbonyl (C=O) groups is 2. The Balaban J connectivity index is 1.85. The number of benzene rings is 1. The highest BCUT2D eigenvalue weighted by molar-refractivity contribution is 8.00. The first-order valence-corrected chi connectivity index (χ1v) is 9.47. The fourth-order valence-electron chi connectivity index (χ4n) is 2.05. The van der Waals surface area contributed by atoms with E-state index in [0.717, 1.165) is 21.7 Å². The van der Waals surface area contributed by atoms with Gasteiger partial charge in [-0.1, -0.05) is 17.7 Å². The van der Waals surface area contributed by atoms with Gasteiger partial charge in [0.05, 0.1) is 11.8 Å². The van der Waals surface area contributed by atoms with Crippen LogP contribution in [0.5, 0.6) is 0 Å². The van der Waals surface area contributed by atoms with Gasteiger partial charge in [-0.15, -0.1) is 23.1 Å². The van der Waals surface area contributed by atoms with E-state index in [1.54, 1.807) is 12.3 Å². The molecular formula is C18H18N2O3S2. The fourth-order valence-corrected chi connectivity index (χ4v) is 3.83. The number of nitriles is 1. The minimum Gasteiger partial charge on any atom is -0.457 e. The minimum absolute atomic E-state index is 0.116. The van der Waals surface area contributed by atoms with Gasteiger partial charge in [0.15, 0.2) is 18.3 Å². The largest absolute Gasteiger partial charge is 0.457 e. The van der Waals surface area contributed by atoms with Crippen LogP contribution in [0.4, 0.5) is 0 Å². The van der Waals surface area contributed by atoms with E-state index in [2.05, 4.69) is 4.98 Å². The van der Waals surface area contributed by atoms with Crippen LogP contribution in [-0.4, -0.2) is 29.1 Å². The SMILES string of the molecule is Cc1ccc(C)c(SCC(=O)OCC(=O)[C@H](C#N)c2nc(C)cs2)c1. The number of Topliss-reactive ketones (excluding diaryl/α,β-unsaturated/α-hetero) is 1. The fraction of sp³-hybridized carbons (Fsp3) is 0.333. The molecule has 25 heavy (non-hydrogen) atoms. The zero-order valence-corrected chi connectivity index (χ0v) is 15.9. The van der Waals surface area contributed by atoms with Gasteiger partial charge in [0.1, 0.15) is 5.01 Å². The first kappa shape index (κ1) is 19.2. The molecule has 7 heteroatoms. The van der Waals surface area contributed by atoms with Crippen LogP contribution >= 0.6 is 23.1 Å². The lowest BCUT2D eigenvalue weighted by Gasteiger charge is -2.08. The Bertz CT molecular complexity index is 824. The molecule has 0 saturated heterocycles. The van der Waals surface area contributed by atoms with Gasteiger partial charge in [0.25, 0.3) is 0 Å². The molecule has 0 aliphatic rings. The Morgan fingerprint density at radius 2 is 2.12 bits per heavy atom. The third kappa shape index (κ3) is 5.41. The Morgan fingerprint density at radius 3 is 2.76 bits per heavy atom. The molecule has 0 radical (unpaired) electrons. The Kier molecular flexibility index (Phi) is 6.73. The highest BCUT2D eigenvalue weighted by atomic mass is 32.2. The monoisotopic (exact) mass is 374 g/mol. The van der Waals surface area contributed by atoms with E-state index >= 15 is 0 Å². The molecule has 0 unspecified atom stereocenters. The van der Waals surface area contributed by atoms with Crippen molar-refractivity contribution in [3.63, 3.8) is 0 Å². The van der Waals surface area contributed by atoms with Crippen LogP contribution in [0.25, 0.3) is 0 Å². The van der Waals surface area contributed by atoms with Crippen LogP contribution in [0, 0.1) is 32.1 Å². The van der Waals surface area contributed by atoms with Gasteiger partial charge in [0, 0.05) is 16.0 Å². The molecule has 0 amide bonds. The zero-order valence-electron chi connectivity index (χ0n) is 14.2. The van der Waals surface area contributed by atoms with Gasteiger partial charge in [-0.3, -0.25) is 9.59 Å². The number of ether oxygens (including phenoxy) is 1. The van der Waals surface area contributed by atoms with Crippen LogP contribution in [0.3, 0.4) is 0 Å². The van der Waals surface area contributed by atoms with Gasteiger partial charge in [-0.2, -0.15) is 5.26 Å². The quantitative estimate of drug-likeness (QED) is 0.544. The molecule has 1 aromatic carbocycles. The van der Waals surface area contributed by atoms with Crippen molar-refractivity contribution in [2.75, 3.05) is 12.4 Å². The predicted molar refractivity (Wildman–Crippen MR) is 97.8 cm³/mol. The summed E-state index contributed by atoms with van der Waals surface area (Å²) in [6, 6.07) is 7.95. The van der Waals surface area contributed by atoms with Crippen molar-refractivity contribution in [2.45, 2.75) is 31.6 Å². The number of esters is 1. The van der Waals surface area contributed by atoms with Crippen molar-refractivity contribution in [3.8, 4) is 6.07 Å². The van der Waals surface area contributed by atoms with E-state index in [-0.39, 0.29) is 5.75 Å². The number of aromatic nitrogens is 1. The third-order valence-corrected chi connectivity index (χ3v) is 5.56. The number of aryl methyl sites for hydroxylation is 3. The normalized spacial score (nSPS) is 11.6. The van der Waals surface area contributed by atoms with E-state index in [1.165, 1.54) is 23.1 Å². The van der Waals surface area contributed by atoms with Crippen molar-refractivity contribution in [1.82, 2.24) is 4.98 Å². The standard InChI is InChI=1S/C18H18N2O3S2/c1-11-4-5-12(2)16(6-11)24-10-17(22)23-8-15(21)14(7-19)18-20-13(3)9-25-18/h4-6,9,14H,8,10H2,1-3H3/t14-/m0/s1. The molecule has 2 rings (SSSR count). The summed E-state index contributed by atoms with van der Waals surface area (Å²) in [5.74, 6) is -1.81. The molecule has 1 atom stereocenters.